The molecule has 1 fully saturated rings. The van der Waals surface area contributed by atoms with E-state index < -0.39 is 5.97 Å². The van der Waals surface area contributed by atoms with E-state index in [4.69, 9.17) is 5.11 Å². The van der Waals surface area contributed by atoms with Crippen molar-refractivity contribution >= 4 is 5.97 Å². The predicted octanol–water partition coefficient (Wildman–Crippen LogP) is 0.893. The number of rotatable bonds is 2. The van der Waals surface area contributed by atoms with Crippen molar-refractivity contribution in [1.82, 2.24) is 0 Å². The molecule has 2 heteroatoms. The van der Waals surface area contributed by atoms with Gasteiger partial charge in [-0.1, -0.05) is 6.08 Å². The molecule has 0 aliphatic heterocycles. The van der Waals surface area contributed by atoms with Crippen LogP contribution in [0.1, 0.15) is 6.42 Å². The molecule has 8 heavy (non-hydrogen) atoms. The number of carboxylic acid groups (broad SMARTS) is 1. The zero-order valence-electron chi connectivity index (χ0n) is 4.50. The van der Waals surface area contributed by atoms with Gasteiger partial charge in [-0.3, -0.25) is 4.79 Å². The van der Waals surface area contributed by atoms with E-state index in [1.54, 1.807) is 6.08 Å². The maximum atomic E-state index is 10.1. The molecule has 1 saturated carbocycles. The lowest BCUT2D eigenvalue weighted by Crippen LogP contribution is -1.97. The Balaban J connectivity index is 2.36. The van der Waals surface area contributed by atoms with Crippen molar-refractivity contribution in [3.05, 3.63) is 12.7 Å². The Morgan fingerprint density at radius 1 is 1.88 bits per heavy atom. The summed E-state index contributed by atoms with van der Waals surface area (Å²) < 4.78 is 0. The Hall–Kier alpha value is -0.790. The molecule has 1 aliphatic carbocycles. The third kappa shape index (κ3) is 0.735. The van der Waals surface area contributed by atoms with Crippen LogP contribution in [0.4, 0.5) is 0 Å². The highest BCUT2D eigenvalue weighted by Crippen LogP contribution is 2.38. The molecule has 0 heterocycles. The quantitative estimate of drug-likeness (QED) is 0.539. The Kier molecular flexibility index (Phi) is 1.08. The van der Waals surface area contributed by atoms with Crippen LogP contribution < -0.4 is 0 Å². The molecule has 1 aliphatic rings. The van der Waals surface area contributed by atoms with Gasteiger partial charge >= 0.3 is 5.97 Å². The maximum absolute atomic E-state index is 10.1. The molecule has 0 aromatic carbocycles. The van der Waals surface area contributed by atoms with Crippen LogP contribution in [-0.2, 0) is 4.79 Å². The first-order valence-electron chi connectivity index (χ1n) is 2.61. The summed E-state index contributed by atoms with van der Waals surface area (Å²) in [5.74, 6) is -0.546. The van der Waals surface area contributed by atoms with Crippen LogP contribution >= 0.6 is 0 Å². The van der Waals surface area contributed by atoms with E-state index in [9.17, 15) is 4.79 Å². The zero-order valence-corrected chi connectivity index (χ0v) is 4.50. The lowest BCUT2D eigenvalue weighted by molar-refractivity contribution is -0.138. The first-order valence-corrected chi connectivity index (χ1v) is 2.61. The number of hydrogen-bond donors (Lipinski definition) is 1. The summed E-state index contributed by atoms with van der Waals surface area (Å²) in [6.45, 7) is 3.49. The van der Waals surface area contributed by atoms with Crippen LogP contribution in [-0.4, -0.2) is 11.1 Å². The predicted molar refractivity (Wildman–Crippen MR) is 29.4 cm³/mol. The molecule has 0 aromatic rings. The average molecular weight is 112 g/mol. The van der Waals surface area contributed by atoms with Crippen LogP contribution in [0.2, 0.25) is 0 Å². The van der Waals surface area contributed by atoms with Crippen molar-refractivity contribution in [2.24, 2.45) is 11.8 Å². The minimum Gasteiger partial charge on any atom is -0.481 e. The van der Waals surface area contributed by atoms with Gasteiger partial charge in [-0.15, -0.1) is 6.58 Å². The Morgan fingerprint density at radius 3 is 2.62 bits per heavy atom. The SMILES string of the molecule is C=C[C@H]1CC1C(=O)O. The topological polar surface area (TPSA) is 37.3 Å². The smallest absolute Gasteiger partial charge is 0.307 e. The van der Waals surface area contributed by atoms with Crippen LogP contribution in [0.25, 0.3) is 0 Å². The van der Waals surface area contributed by atoms with Crippen molar-refractivity contribution in [3.63, 3.8) is 0 Å². The van der Waals surface area contributed by atoms with Gasteiger partial charge in [-0.25, -0.2) is 0 Å². The van der Waals surface area contributed by atoms with Gasteiger partial charge in [0.2, 0.25) is 0 Å². The van der Waals surface area contributed by atoms with Gasteiger partial charge in [0.1, 0.15) is 0 Å². The van der Waals surface area contributed by atoms with Gasteiger partial charge < -0.3 is 5.11 Å². The summed E-state index contributed by atoms with van der Waals surface area (Å²) in [6.07, 6.45) is 2.50. The molecule has 2 atom stereocenters. The normalized spacial score (nSPS) is 34.0. The van der Waals surface area contributed by atoms with Gasteiger partial charge in [0, 0.05) is 0 Å². The summed E-state index contributed by atoms with van der Waals surface area (Å²) in [5, 5.41) is 8.31. The third-order valence-corrected chi connectivity index (χ3v) is 1.46. The molecule has 0 aromatic heterocycles. The van der Waals surface area contributed by atoms with Gasteiger partial charge in [0.15, 0.2) is 0 Å². The second kappa shape index (κ2) is 1.62. The van der Waals surface area contributed by atoms with Crippen LogP contribution in [0.15, 0.2) is 12.7 Å². The fourth-order valence-electron chi connectivity index (χ4n) is 0.759. The first-order chi connectivity index (χ1) is 3.75. The Labute approximate surface area is 47.8 Å². The average Bonchev–Trinajstić information content (AvgIpc) is 2.42. The Morgan fingerprint density at radius 2 is 2.50 bits per heavy atom. The largest absolute Gasteiger partial charge is 0.481 e. The van der Waals surface area contributed by atoms with E-state index in [0.29, 0.717) is 0 Å². The first kappa shape index (κ1) is 5.35. The number of hydrogen-bond acceptors (Lipinski definition) is 1. The van der Waals surface area contributed by atoms with E-state index in [-0.39, 0.29) is 11.8 Å². The summed E-state index contributed by atoms with van der Waals surface area (Å²) in [4.78, 5) is 10.1. The maximum Gasteiger partial charge on any atom is 0.307 e. The molecule has 1 rings (SSSR count). The van der Waals surface area contributed by atoms with E-state index in [2.05, 4.69) is 6.58 Å². The number of aliphatic carboxylic acids is 1. The monoisotopic (exact) mass is 112 g/mol. The van der Waals surface area contributed by atoms with Gasteiger partial charge in [-0.2, -0.15) is 0 Å². The molecular weight excluding hydrogens is 104 g/mol. The molecule has 0 amide bonds. The third-order valence-electron chi connectivity index (χ3n) is 1.46. The van der Waals surface area contributed by atoms with Crippen molar-refractivity contribution < 1.29 is 9.90 Å². The van der Waals surface area contributed by atoms with E-state index in [1.165, 1.54) is 0 Å². The number of carbonyl (C=O) groups is 1. The minimum absolute atomic E-state index is 0.118. The van der Waals surface area contributed by atoms with E-state index in [1.807, 2.05) is 0 Å². The molecule has 1 unspecified atom stereocenters. The standard InChI is InChI=1S/C6H8O2/c1-2-4-3-5(4)6(7)8/h2,4-5H,1,3H2,(H,7,8)/t4-,5?/m0/s1. The second-order valence-electron chi connectivity index (χ2n) is 2.08. The van der Waals surface area contributed by atoms with Crippen LogP contribution in [0, 0.1) is 11.8 Å². The van der Waals surface area contributed by atoms with E-state index >= 15 is 0 Å². The number of allylic oxidation sites excluding steroid dienone is 1. The number of carboxylic acids is 1. The summed E-state index contributed by atoms with van der Waals surface area (Å²) in [7, 11) is 0. The summed E-state index contributed by atoms with van der Waals surface area (Å²) in [6, 6.07) is 0. The van der Waals surface area contributed by atoms with Gasteiger partial charge in [0.25, 0.3) is 0 Å². The highest BCUT2D eigenvalue weighted by atomic mass is 16.4. The zero-order chi connectivity index (χ0) is 6.15. The van der Waals surface area contributed by atoms with Crippen LogP contribution in [0.5, 0.6) is 0 Å². The van der Waals surface area contributed by atoms with Crippen molar-refractivity contribution in [2.75, 3.05) is 0 Å². The summed E-state index contributed by atoms with van der Waals surface area (Å²) >= 11 is 0. The Bertz CT molecular complexity index is 128. The lowest BCUT2D eigenvalue weighted by Gasteiger charge is -1.81. The van der Waals surface area contributed by atoms with Crippen molar-refractivity contribution in [1.29, 1.82) is 0 Å². The fraction of sp³-hybridized carbons (Fsp3) is 0.500. The second-order valence-corrected chi connectivity index (χ2v) is 2.08. The summed E-state index contributed by atoms with van der Waals surface area (Å²) in [5.41, 5.74) is 0. The van der Waals surface area contributed by atoms with Crippen molar-refractivity contribution in [2.45, 2.75) is 6.42 Å². The van der Waals surface area contributed by atoms with Crippen molar-refractivity contribution in [3.8, 4) is 0 Å². The highest BCUT2D eigenvalue weighted by molar-refractivity contribution is 5.73. The highest BCUT2D eigenvalue weighted by Gasteiger charge is 2.40. The minimum atomic E-state index is -0.685. The molecule has 0 saturated heterocycles. The molecule has 0 radical (unpaired) electrons. The molecule has 44 valence electrons. The van der Waals surface area contributed by atoms with Gasteiger partial charge in [-0.05, 0) is 12.3 Å². The molecule has 1 N–H and O–H groups in total. The lowest BCUT2D eigenvalue weighted by atomic mass is 10.3. The van der Waals surface area contributed by atoms with E-state index in [0.717, 1.165) is 6.42 Å². The fourth-order valence-corrected chi connectivity index (χ4v) is 0.759. The molecule has 0 bridgehead atoms. The van der Waals surface area contributed by atoms with Gasteiger partial charge in [0.05, 0.1) is 5.92 Å². The molecular formula is C6H8O2. The molecule has 2 nitrogen and oxygen atoms in total. The molecule has 0 spiro atoms. The van der Waals surface area contributed by atoms with Crippen LogP contribution in [0.3, 0.4) is 0 Å².